The van der Waals surface area contributed by atoms with Crippen LogP contribution in [0.3, 0.4) is 0 Å². The highest BCUT2D eigenvalue weighted by Gasteiger charge is 2.31. The molecule has 1 aromatic carbocycles. The Morgan fingerprint density at radius 1 is 1.36 bits per heavy atom. The van der Waals surface area contributed by atoms with Crippen LogP contribution in [0.2, 0.25) is 0 Å². The van der Waals surface area contributed by atoms with E-state index < -0.39 is 22.4 Å². The Hall–Kier alpha value is -1.37. The molecular weight excluding hydrogens is 219 g/mol. The summed E-state index contributed by atoms with van der Waals surface area (Å²) < 4.78 is 36.3. The van der Waals surface area contributed by atoms with E-state index in [4.69, 9.17) is 0 Å². The number of rotatable bonds is 1. The molecule has 0 radical (unpaired) electrons. The summed E-state index contributed by atoms with van der Waals surface area (Å²) in [6.07, 6.45) is -4.59. The van der Waals surface area contributed by atoms with Crippen molar-refractivity contribution in [2.24, 2.45) is 0 Å². The summed E-state index contributed by atoms with van der Waals surface area (Å²) in [5.41, 5.74) is -1.77. The number of benzene rings is 1. The maximum absolute atomic E-state index is 12.1. The van der Waals surface area contributed by atoms with Crippen molar-refractivity contribution in [3.05, 3.63) is 33.9 Å². The molecule has 0 atom stereocenters. The van der Waals surface area contributed by atoms with Gasteiger partial charge in [-0.3, -0.25) is 10.1 Å². The van der Waals surface area contributed by atoms with E-state index in [1.54, 1.807) is 0 Å². The second kappa shape index (κ2) is 3.41. The van der Waals surface area contributed by atoms with Crippen molar-refractivity contribution in [2.45, 2.75) is 11.1 Å². The molecule has 0 saturated heterocycles. The molecule has 0 spiro atoms. The van der Waals surface area contributed by atoms with Gasteiger partial charge in [-0.05, 0) is 0 Å². The minimum absolute atomic E-state index is 0.206. The Balaban J connectivity index is 3.27. The van der Waals surface area contributed by atoms with Gasteiger partial charge in [-0.1, -0.05) is 17.0 Å². The van der Waals surface area contributed by atoms with E-state index in [0.29, 0.717) is 6.07 Å². The molecule has 0 fully saturated rings. The fraction of sp³-hybridized carbons (Fsp3) is 0.143. The van der Waals surface area contributed by atoms with Gasteiger partial charge in [-0.25, -0.2) is 0 Å². The minimum Gasteiger partial charge on any atom is -0.773 e. The molecule has 76 valence electrons. The monoisotopic (exact) mass is 222 g/mol. The van der Waals surface area contributed by atoms with E-state index in [0.717, 1.165) is 12.1 Å². The van der Waals surface area contributed by atoms with Crippen LogP contribution in [0.25, 0.3) is 0 Å². The lowest BCUT2D eigenvalue weighted by Gasteiger charge is -2.10. The van der Waals surface area contributed by atoms with Crippen molar-refractivity contribution in [3.8, 4) is 0 Å². The average molecular weight is 222 g/mol. The number of hydrogen-bond donors (Lipinski definition) is 0. The van der Waals surface area contributed by atoms with Gasteiger partial charge in [-0.2, -0.15) is 13.2 Å². The van der Waals surface area contributed by atoms with Crippen LogP contribution >= 0.6 is 0 Å². The number of hydrogen-bond acceptors (Lipinski definition) is 3. The molecule has 0 heterocycles. The number of nitro groups is 1. The summed E-state index contributed by atoms with van der Waals surface area (Å²) in [5, 5.41) is 10.3. The molecule has 7 heteroatoms. The van der Waals surface area contributed by atoms with Crippen LogP contribution in [0.15, 0.2) is 23.1 Å². The van der Waals surface area contributed by atoms with Crippen molar-refractivity contribution >= 4 is 18.3 Å². The summed E-state index contributed by atoms with van der Waals surface area (Å²) in [7, 11) is 0. The molecule has 0 unspecified atom stereocenters. The number of nitro benzene ring substituents is 1. The Morgan fingerprint density at radius 2 is 1.93 bits per heavy atom. The molecule has 0 bridgehead atoms. The first-order valence-electron chi connectivity index (χ1n) is 3.35. The third kappa shape index (κ3) is 2.11. The normalized spacial score (nSPS) is 11.4. The smallest absolute Gasteiger partial charge is 0.416 e. The summed E-state index contributed by atoms with van der Waals surface area (Å²) in [6.45, 7) is 0. The lowest BCUT2D eigenvalue weighted by atomic mass is 10.2. The van der Waals surface area contributed by atoms with Gasteiger partial charge in [0.15, 0.2) is 0 Å². The van der Waals surface area contributed by atoms with Gasteiger partial charge in [-0.15, -0.1) is 0 Å². The molecule has 0 aliphatic carbocycles. The molecule has 1 aromatic rings. The van der Waals surface area contributed by atoms with Crippen LogP contribution in [0.5, 0.6) is 0 Å². The van der Waals surface area contributed by atoms with Gasteiger partial charge >= 0.3 is 6.18 Å². The number of nitrogens with zero attached hydrogens (tertiary/aromatic N) is 1. The first kappa shape index (κ1) is 10.7. The van der Waals surface area contributed by atoms with Crippen LogP contribution in [-0.2, 0) is 18.8 Å². The van der Waals surface area contributed by atoms with Crippen molar-refractivity contribution in [1.29, 1.82) is 0 Å². The molecule has 0 aliphatic rings. The zero-order chi connectivity index (χ0) is 10.9. The zero-order valence-electron chi connectivity index (χ0n) is 6.54. The summed E-state index contributed by atoms with van der Waals surface area (Å²) >= 11 is 4.50. The van der Waals surface area contributed by atoms with Crippen molar-refractivity contribution in [1.82, 2.24) is 0 Å². The van der Waals surface area contributed by atoms with E-state index in [-0.39, 0.29) is 4.90 Å². The molecule has 3 nitrogen and oxygen atoms in total. The van der Waals surface area contributed by atoms with Gasteiger partial charge in [0.2, 0.25) is 0 Å². The quantitative estimate of drug-likeness (QED) is 0.416. The van der Waals surface area contributed by atoms with Crippen molar-refractivity contribution in [3.63, 3.8) is 0 Å². The van der Waals surface area contributed by atoms with Gasteiger partial charge in [0, 0.05) is 6.07 Å². The van der Waals surface area contributed by atoms with E-state index >= 15 is 0 Å². The number of halogens is 3. The van der Waals surface area contributed by atoms with Crippen LogP contribution < -0.4 is 0 Å². The fourth-order valence-electron chi connectivity index (χ4n) is 0.836. The molecular formula is C7H3F3NO2S-. The second-order valence-electron chi connectivity index (χ2n) is 2.44. The predicted octanol–water partition coefficient (Wildman–Crippen LogP) is 2.52. The van der Waals surface area contributed by atoms with Crippen LogP contribution in [0.4, 0.5) is 18.9 Å². The van der Waals surface area contributed by atoms with E-state index in [1.165, 1.54) is 0 Å². The molecule has 0 aromatic heterocycles. The highest BCUT2D eigenvalue weighted by Crippen LogP contribution is 2.32. The predicted molar refractivity (Wildman–Crippen MR) is 43.7 cm³/mol. The van der Waals surface area contributed by atoms with E-state index in [2.05, 4.69) is 12.6 Å². The average Bonchev–Trinajstić information content (AvgIpc) is 2.02. The summed E-state index contributed by atoms with van der Waals surface area (Å²) in [6, 6.07) is 2.05. The second-order valence-corrected chi connectivity index (χ2v) is 2.88. The molecule has 0 saturated carbocycles. The first-order chi connectivity index (χ1) is 6.32. The highest BCUT2D eigenvalue weighted by atomic mass is 32.1. The first-order valence-corrected chi connectivity index (χ1v) is 3.76. The summed E-state index contributed by atoms with van der Waals surface area (Å²) in [4.78, 5) is 9.13. The third-order valence-corrected chi connectivity index (χ3v) is 1.83. The van der Waals surface area contributed by atoms with Gasteiger partial charge in [0.25, 0.3) is 5.69 Å². The molecule has 1 rings (SSSR count). The molecule has 14 heavy (non-hydrogen) atoms. The Kier molecular flexibility index (Phi) is 2.61. The maximum Gasteiger partial charge on any atom is 0.416 e. The highest BCUT2D eigenvalue weighted by molar-refractivity contribution is 7.59. The standard InChI is InChI=1S/C7H4F3NO2S/c8-7(9,10)4-1-2-6(14)5(3-4)11(12)13/h1-3,14H/p-1. The molecule has 0 aliphatic heterocycles. The lowest BCUT2D eigenvalue weighted by molar-refractivity contribution is -0.388. The lowest BCUT2D eigenvalue weighted by Crippen LogP contribution is -2.05. The molecule has 0 N–H and O–H groups in total. The van der Waals surface area contributed by atoms with Crippen LogP contribution in [0.1, 0.15) is 5.56 Å². The zero-order valence-corrected chi connectivity index (χ0v) is 7.35. The number of alkyl halides is 3. The Morgan fingerprint density at radius 3 is 2.36 bits per heavy atom. The maximum atomic E-state index is 12.1. The van der Waals surface area contributed by atoms with Crippen LogP contribution in [0, 0.1) is 10.1 Å². The van der Waals surface area contributed by atoms with Crippen molar-refractivity contribution < 1.29 is 18.1 Å². The Bertz CT molecular complexity index is 378. The van der Waals surface area contributed by atoms with E-state index in [1.807, 2.05) is 0 Å². The van der Waals surface area contributed by atoms with Crippen LogP contribution in [-0.4, -0.2) is 4.92 Å². The SMILES string of the molecule is O=[N+]([O-])c1cc(C(F)(F)F)ccc1[S-]. The topological polar surface area (TPSA) is 43.1 Å². The third-order valence-electron chi connectivity index (χ3n) is 1.48. The summed E-state index contributed by atoms with van der Waals surface area (Å²) in [5.74, 6) is 0. The van der Waals surface area contributed by atoms with Crippen molar-refractivity contribution in [2.75, 3.05) is 0 Å². The van der Waals surface area contributed by atoms with Gasteiger partial charge in [0.1, 0.15) is 0 Å². The molecule has 0 amide bonds. The fourth-order valence-corrected chi connectivity index (χ4v) is 1.04. The van der Waals surface area contributed by atoms with E-state index in [9.17, 15) is 23.3 Å². The van der Waals surface area contributed by atoms with Gasteiger partial charge < -0.3 is 12.6 Å². The largest absolute Gasteiger partial charge is 0.773 e. The van der Waals surface area contributed by atoms with Gasteiger partial charge in [0.05, 0.1) is 10.5 Å². The minimum atomic E-state index is -4.59. The Labute approximate surface area is 82.1 Å².